The Balaban J connectivity index is 1.66. The summed E-state index contributed by atoms with van der Waals surface area (Å²) in [7, 11) is 0. The summed E-state index contributed by atoms with van der Waals surface area (Å²) in [6, 6.07) is 11.4. The molecule has 2 aromatic heterocycles. The van der Waals surface area contributed by atoms with Crippen LogP contribution < -0.4 is 21.3 Å². The molecule has 0 aliphatic rings. The average molecular weight is 616 g/mol. The van der Waals surface area contributed by atoms with Gasteiger partial charge < -0.3 is 0 Å². The third kappa shape index (κ3) is 6.27. The Bertz CT molecular complexity index is 1330. The van der Waals surface area contributed by atoms with Gasteiger partial charge >= 0.3 is 189 Å². The average Bonchev–Trinajstić information content (AvgIpc) is 2.79. The second-order valence-electron chi connectivity index (χ2n) is 6.55. The SMILES string of the molecule is C=C(/C=C\[C](=[W])Oc1ccnc(C(N)=O)c1)C(=O)Nc1cccn(-c2ccc(F)cc2)c1=O. The first-order valence-electron chi connectivity index (χ1n) is 9.38. The molecule has 2 amide bonds. The van der Waals surface area contributed by atoms with Crippen LogP contribution in [0.5, 0.6) is 5.75 Å². The van der Waals surface area contributed by atoms with E-state index in [2.05, 4.69) is 16.9 Å². The predicted molar refractivity (Wildman–Crippen MR) is 117 cm³/mol. The number of carbonyl (C=O) groups excluding carboxylic acids is 2. The van der Waals surface area contributed by atoms with Crippen molar-refractivity contribution in [3.05, 3.63) is 107 Å². The quantitative estimate of drug-likeness (QED) is 0.298. The van der Waals surface area contributed by atoms with Crippen LogP contribution in [0.25, 0.3) is 5.69 Å². The molecule has 0 aliphatic carbocycles. The second-order valence-corrected chi connectivity index (χ2v) is 7.99. The number of amides is 2. The number of nitrogens with two attached hydrogens (primary N) is 1. The van der Waals surface area contributed by atoms with Gasteiger partial charge in [-0.1, -0.05) is 0 Å². The molecule has 166 valence electrons. The van der Waals surface area contributed by atoms with Gasteiger partial charge in [-0.05, 0) is 0 Å². The third-order valence-electron chi connectivity index (χ3n) is 4.21. The summed E-state index contributed by atoms with van der Waals surface area (Å²) in [5.41, 5.74) is 5.37. The summed E-state index contributed by atoms with van der Waals surface area (Å²) in [6.45, 7) is 3.71. The number of nitrogens with zero attached hydrogens (tertiary/aromatic N) is 2. The molecule has 0 radical (unpaired) electrons. The van der Waals surface area contributed by atoms with Gasteiger partial charge in [-0.3, -0.25) is 0 Å². The molecule has 33 heavy (non-hydrogen) atoms. The molecule has 0 atom stereocenters. The van der Waals surface area contributed by atoms with Gasteiger partial charge in [0.2, 0.25) is 0 Å². The number of pyridine rings is 2. The van der Waals surface area contributed by atoms with Crippen LogP contribution in [0.4, 0.5) is 10.1 Å². The van der Waals surface area contributed by atoms with E-state index in [1.165, 1.54) is 59.4 Å². The summed E-state index contributed by atoms with van der Waals surface area (Å²) in [5.74, 6) is -1.31. The Labute approximate surface area is 198 Å². The maximum absolute atomic E-state index is 13.2. The van der Waals surface area contributed by atoms with E-state index in [-0.39, 0.29) is 17.0 Å². The van der Waals surface area contributed by atoms with E-state index in [1.807, 2.05) is 0 Å². The molecular formula is C23H17FN4O4W. The van der Waals surface area contributed by atoms with E-state index in [1.54, 1.807) is 18.2 Å². The maximum atomic E-state index is 13.2. The second kappa shape index (κ2) is 10.6. The number of carbonyl (C=O) groups is 2. The fourth-order valence-corrected chi connectivity index (χ4v) is 3.19. The van der Waals surface area contributed by atoms with Gasteiger partial charge in [-0.2, -0.15) is 0 Å². The number of aromatic nitrogens is 2. The molecule has 1 aromatic carbocycles. The van der Waals surface area contributed by atoms with Crippen molar-refractivity contribution >= 4 is 21.6 Å². The molecular weight excluding hydrogens is 599 g/mol. The number of benzene rings is 1. The van der Waals surface area contributed by atoms with E-state index in [0.29, 0.717) is 15.5 Å². The summed E-state index contributed by atoms with van der Waals surface area (Å²) < 4.78 is 20.5. The molecule has 0 bridgehead atoms. The van der Waals surface area contributed by atoms with E-state index in [0.717, 1.165) is 19.4 Å². The standard InChI is InChI=1S/C23H17FN4O4.W/c1-15(4-3-13-32-18-10-11-26-20(14-18)21(25)29)22(30)27-19-5-2-12-28(23(19)31)17-8-6-16(24)7-9-17;/h2-12,14H,1H2,(H2,25,29)(H,27,30);/b4-3-;. The van der Waals surface area contributed by atoms with Gasteiger partial charge in [-0.25, -0.2) is 4.39 Å². The number of nitrogens with one attached hydrogen (secondary N) is 1. The summed E-state index contributed by atoms with van der Waals surface area (Å²) in [6.07, 6.45) is 5.90. The molecule has 3 aromatic rings. The Morgan fingerprint density at radius 3 is 2.61 bits per heavy atom. The molecule has 10 heteroatoms. The van der Waals surface area contributed by atoms with E-state index < -0.39 is 23.2 Å². The summed E-state index contributed by atoms with van der Waals surface area (Å²) >= 11 is 0.956. The fourth-order valence-electron chi connectivity index (χ4n) is 2.60. The Hall–Kier alpha value is -3.97. The van der Waals surface area contributed by atoms with Crippen LogP contribution >= 0.6 is 0 Å². The Kier molecular flexibility index (Phi) is 7.58. The first-order valence-corrected chi connectivity index (χ1v) is 10.8. The summed E-state index contributed by atoms with van der Waals surface area (Å²) in [4.78, 5) is 40.2. The van der Waals surface area contributed by atoms with Gasteiger partial charge in [0.15, 0.2) is 0 Å². The number of ether oxygens (including phenoxy) is 1. The van der Waals surface area contributed by atoms with E-state index >= 15 is 0 Å². The molecule has 0 unspecified atom stereocenters. The predicted octanol–water partition coefficient (Wildman–Crippen LogP) is 2.28. The molecule has 0 spiro atoms. The number of primary amides is 1. The van der Waals surface area contributed by atoms with Crippen molar-refractivity contribution in [1.29, 1.82) is 0 Å². The van der Waals surface area contributed by atoms with Crippen LogP contribution in [0.3, 0.4) is 0 Å². The van der Waals surface area contributed by atoms with Crippen molar-refractivity contribution in [2.75, 3.05) is 5.32 Å². The number of hydrogen-bond acceptors (Lipinski definition) is 5. The number of anilines is 1. The fraction of sp³-hybridized carbons (Fsp3) is 0. The van der Waals surface area contributed by atoms with Gasteiger partial charge in [0.1, 0.15) is 5.82 Å². The van der Waals surface area contributed by atoms with Gasteiger partial charge in [0.05, 0.1) is 0 Å². The zero-order valence-corrected chi connectivity index (χ0v) is 20.0. The molecule has 3 rings (SSSR count). The van der Waals surface area contributed by atoms with Crippen LogP contribution in [-0.2, 0) is 24.1 Å². The zero-order valence-electron chi connectivity index (χ0n) is 17.0. The van der Waals surface area contributed by atoms with Crippen molar-refractivity contribution in [3.63, 3.8) is 0 Å². The van der Waals surface area contributed by atoms with E-state index in [4.69, 9.17) is 10.5 Å². The molecule has 8 nitrogen and oxygen atoms in total. The number of hydrogen-bond donors (Lipinski definition) is 2. The molecule has 3 N–H and O–H groups in total. The Morgan fingerprint density at radius 2 is 1.91 bits per heavy atom. The molecule has 0 aliphatic heterocycles. The van der Waals surface area contributed by atoms with Crippen LogP contribution in [0.2, 0.25) is 0 Å². The Morgan fingerprint density at radius 1 is 1.18 bits per heavy atom. The normalized spacial score (nSPS) is 10.6. The topological polar surface area (TPSA) is 116 Å². The first kappa shape index (κ1) is 23.7. The number of rotatable bonds is 8. The monoisotopic (exact) mass is 616 g/mol. The van der Waals surface area contributed by atoms with Gasteiger partial charge in [0.25, 0.3) is 0 Å². The van der Waals surface area contributed by atoms with Crippen LogP contribution in [0.15, 0.2) is 90.0 Å². The van der Waals surface area contributed by atoms with Crippen LogP contribution in [-0.4, -0.2) is 25.4 Å². The number of halogens is 1. The first-order chi connectivity index (χ1) is 15.7. The van der Waals surface area contributed by atoms with Crippen molar-refractivity contribution in [3.8, 4) is 11.4 Å². The van der Waals surface area contributed by atoms with Crippen molar-refractivity contribution in [2.24, 2.45) is 5.73 Å². The molecule has 0 fully saturated rings. The van der Waals surface area contributed by atoms with Gasteiger partial charge in [-0.15, -0.1) is 0 Å². The van der Waals surface area contributed by atoms with Gasteiger partial charge in [0, 0.05) is 0 Å². The van der Waals surface area contributed by atoms with Crippen LogP contribution in [0.1, 0.15) is 10.5 Å². The van der Waals surface area contributed by atoms with Crippen LogP contribution in [0, 0.1) is 5.82 Å². The minimum atomic E-state index is -0.676. The molecule has 0 saturated carbocycles. The third-order valence-corrected chi connectivity index (χ3v) is 5.00. The minimum absolute atomic E-state index is 0.0414. The molecule has 2 heterocycles. The van der Waals surface area contributed by atoms with Crippen molar-refractivity contribution in [2.45, 2.75) is 0 Å². The van der Waals surface area contributed by atoms with Crippen molar-refractivity contribution in [1.82, 2.24) is 9.55 Å². The van der Waals surface area contributed by atoms with E-state index in [9.17, 15) is 18.8 Å². The zero-order chi connectivity index (χ0) is 24.0. The molecule has 0 saturated heterocycles. The summed E-state index contributed by atoms with van der Waals surface area (Å²) in [5, 5.41) is 2.52. The van der Waals surface area contributed by atoms with Crippen molar-refractivity contribution < 1.29 is 38.1 Å².